The third kappa shape index (κ3) is 3.08. The maximum Gasteiger partial charge on any atom is 0.0377 e. The number of benzene rings is 1. The summed E-state index contributed by atoms with van der Waals surface area (Å²) in [6, 6.07) is 8.97. The molecule has 3 atom stereocenters. The monoisotopic (exact) mass is 262 g/mol. The van der Waals surface area contributed by atoms with E-state index in [0.29, 0.717) is 24.4 Å². The Morgan fingerprint density at radius 1 is 0.895 bits per heavy atom. The predicted molar refractivity (Wildman–Crippen MR) is 81.1 cm³/mol. The molecular weight excluding hydrogens is 236 g/mol. The van der Waals surface area contributed by atoms with Gasteiger partial charge in [0.25, 0.3) is 0 Å². The molecule has 0 aliphatic carbocycles. The lowest BCUT2D eigenvalue weighted by Crippen LogP contribution is -2.41. The van der Waals surface area contributed by atoms with E-state index in [1.165, 1.54) is 11.3 Å². The fourth-order valence-corrected chi connectivity index (χ4v) is 3.38. The van der Waals surface area contributed by atoms with Crippen molar-refractivity contribution in [2.24, 2.45) is 23.1 Å². The first-order valence-corrected chi connectivity index (χ1v) is 7.27. The molecule has 0 spiro atoms. The van der Waals surface area contributed by atoms with Crippen LogP contribution in [-0.4, -0.2) is 25.7 Å². The molecule has 1 aromatic rings. The highest BCUT2D eigenvalue weighted by atomic mass is 15.0. The summed E-state index contributed by atoms with van der Waals surface area (Å²) in [5.74, 6) is 1.04. The smallest absolute Gasteiger partial charge is 0.0377 e. The average molecular weight is 262 g/mol. The van der Waals surface area contributed by atoms with Gasteiger partial charge >= 0.3 is 0 Å². The Morgan fingerprint density at radius 3 is 2.26 bits per heavy atom. The molecule has 106 valence electrons. The average Bonchev–Trinajstić information content (AvgIpc) is 2.43. The van der Waals surface area contributed by atoms with Crippen molar-refractivity contribution in [3.63, 3.8) is 0 Å². The van der Waals surface area contributed by atoms with E-state index in [2.05, 4.69) is 29.6 Å². The third-order valence-corrected chi connectivity index (χ3v) is 4.19. The lowest BCUT2D eigenvalue weighted by atomic mass is 9.73. The minimum atomic E-state index is 0.417. The SMILES string of the molecule is NCCC1Nc2ccccc2C(CCN)C1CCN. The molecule has 0 saturated heterocycles. The van der Waals surface area contributed by atoms with Crippen LogP contribution in [-0.2, 0) is 0 Å². The van der Waals surface area contributed by atoms with Crippen LogP contribution in [0.3, 0.4) is 0 Å². The van der Waals surface area contributed by atoms with Gasteiger partial charge in [0.2, 0.25) is 0 Å². The van der Waals surface area contributed by atoms with Gasteiger partial charge in [0, 0.05) is 11.7 Å². The van der Waals surface area contributed by atoms with E-state index in [0.717, 1.165) is 32.4 Å². The first kappa shape index (κ1) is 14.3. The van der Waals surface area contributed by atoms with Gasteiger partial charge in [-0.05, 0) is 62.4 Å². The van der Waals surface area contributed by atoms with Crippen LogP contribution >= 0.6 is 0 Å². The molecule has 4 heteroatoms. The Morgan fingerprint density at radius 2 is 1.58 bits per heavy atom. The molecule has 1 heterocycles. The van der Waals surface area contributed by atoms with E-state index in [9.17, 15) is 0 Å². The zero-order valence-electron chi connectivity index (χ0n) is 11.5. The minimum absolute atomic E-state index is 0.417. The van der Waals surface area contributed by atoms with Gasteiger partial charge in [0.05, 0.1) is 0 Å². The van der Waals surface area contributed by atoms with Gasteiger partial charge in [0.1, 0.15) is 0 Å². The van der Waals surface area contributed by atoms with Crippen LogP contribution in [0.15, 0.2) is 24.3 Å². The van der Waals surface area contributed by atoms with Gasteiger partial charge in [-0.3, -0.25) is 0 Å². The van der Waals surface area contributed by atoms with Crippen molar-refractivity contribution in [3.05, 3.63) is 29.8 Å². The van der Waals surface area contributed by atoms with Crippen molar-refractivity contribution < 1.29 is 0 Å². The molecule has 0 fully saturated rings. The topological polar surface area (TPSA) is 90.1 Å². The van der Waals surface area contributed by atoms with E-state index in [1.54, 1.807) is 0 Å². The summed E-state index contributed by atoms with van der Waals surface area (Å²) in [5.41, 5.74) is 20.0. The second kappa shape index (κ2) is 6.89. The summed E-state index contributed by atoms with van der Waals surface area (Å²) in [4.78, 5) is 0. The van der Waals surface area contributed by atoms with Gasteiger partial charge in [0.15, 0.2) is 0 Å². The molecule has 3 unspecified atom stereocenters. The quantitative estimate of drug-likeness (QED) is 0.620. The molecule has 1 aromatic carbocycles. The number of nitrogens with two attached hydrogens (primary N) is 3. The fraction of sp³-hybridized carbons (Fsp3) is 0.600. The van der Waals surface area contributed by atoms with Crippen molar-refractivity contribution in [1.29, 1.82) is 0 Å². The number of fused-ring (bicyclic) bond motifs is 1. The lowest BCUT2D eigenvalue weighted by molar-refractivity contribution is 0.315. The Balaban J connectivity index is 2.31. The van der Waals surface area contributed by atoms with Gasteiger partial charge in [-0.25, -0.2) is 0 Å². The van der Waals surface area contributed by atoms with Crippen LogP contribution in [0.4, 0.5) is 5.69 Å². The predicted octanol–water partition coefficient (Wildman–Crippen LogP) is 1.23. The van der Waals surface area contributed by atoms with Crippen LogP contribution in [0.2, 0.25) is 0 Å². The lowest BCUT2D eigenvalue weighted by Gasteiger charge is -2.41. The summed E-state index contributed by atoms with van der Waals surface area (Å²) in [7, 11) is 0. The largest absolute Gasteiger partial charge is 0.382 e. The van der Waals surface area contributed by atoms with E-state index in [1.807, 2.05) is 0 Å². The molecule has 1 aliphatic heterocycles. The number of hydrogen-bond acceptors (Lipinski definition) is 4. The molecular formula is C15H26N4. The Hall–Kier alpha value is -1.10. The summed E-state index contributed by atoms with van der Waals surface area (Å²) in [6.07, 6.45) is 3.03. The maximum absolute atomic E-state index is 5.82. The van der Waals surface area contributed by atoms with Gasteiger partial charge in [-0.15, -0.1) is 0 Å². The van der Waals surface area contributed by atoms with Crippen molar-refractivity contribution in [1.82, 2.24) is 0 Å². The molecule has 19 heavy (non-hydrogen) atoms. The zero-order valence-corrected chi connectivity index (χ0v) is 11.5. The van der Waals surface area contributed by atoms with E-state index in [-0.39, 0.29) is 0 Å². The highest BCUT2D eigenvalue weighted by Gasteiger charge is 2.34. The number of nitrogens with one attached hydrogen (secondary N) is 1. The van der Waals surface area contributed by atoms with Crippen LogP contribution < -0.4 is 22.5 Å². The van der Waals surface area contributed by atoms with E-state index < -0.39 is 0 Å². The van der Waals surface area contributed by atoms with Crippen molar-refractivity contribution in [2.75, 3.05) is 25.0 Å². The summed E-state index contributed by atoms with van der Waals surface area (Å²) in [5, 5.41) is 3.64. The van der Waals surface area contributed by atoms with E-state index in [4.69, 9.17) is 17.2 Å². The van der Waals surface area contributed by atoms with Crippen LogP contribution in [0.1, 0.15) is 30.7 Å². The first-order chi connectivity index (χ1) is 9.31. The van der Waals surface area contributed by atoms with Gasteiger partial charge in [-0.2, -0.15) is 0 Å². The maximum atomic E-state index is 5.82. The molecule has 4 nitrogen and oxygen atoms in total. The Labute approximate surface area is 115 Å². The van der Waals surface area contributed by atoms with Crippen LogP contribution in [0.5, 0.6) is 0 Å². The van der Waals surface area contributed by atoms with Crippen LogP contribution in [0.25, 0.3) is 0 Å². The summed E-state index contributed by atoms with van der Waals surface area (Å²) in [6.45, 7) is 2.14. The standard InChI is InChI=1S/C15H26N4/c16-8-5-11-12-3-1-2-4-14(12)19-15(7-10-18)13(11)6-9-17/h1-4,11,13,15,19H,5-10,16-18H2. The minimum Gasteiger partial charge on any atom is -0.382 e. The Bertz CT molecular complexity index is 393. The molecule has 0 saturated carbocycles. The zero-order chi connectivity index (χ0) is 13.7. The number of anilines is 1. The molecule has 0 amide bonds. The molecule has 0 bridgehead atoms. The highest BCUT2D eigenvalue weighted by molar-refractivity contribution is 5.56. The van der Waals surface area contributed by atoms with Crippen LogP contribution in [0, 0.1) is 5.92 Å². The number of rotatable bonds is 6. The fourth-order valence-electron chi connectivity index (χ4n) is 3.38. The van der Waals surface area contributed by atoms with Crippen molar-refractivity contribution in [2.45, 2.75) is 31.2 Å². The summed E-state index contributed by atoms with van der Waals surface area (Å²) < 4.78 is 0. The van der Waals surface area contributed by atoms with Crippen molar-refractivity contribution >= 4 is 5.69 Å². The summed E-state index contributed by atoms with van der Waals surface area (Å²) >= 11 is 0. The van der Waals surface area contributed by atoms with E-state index >= 15 is 0 Å². The number of para-hydroxylation sites is 1. The Kier molecular flexibility index (Phi) is 5.19. The molecule has 2 rings (SSSR count). The second-order valence-electron chi connectivity index (χ2n) is 5.34. The van der Waals surface area contributed by atoms with Gasteiger partial charge in [-0.1, -0.05) is 18.2 Å². The molecule has 0 radical (unpaired) electrons. The first-order valence-electron chi connectivity index (χ1n) is 7.27. The normalized spacial score (nSPS) is 25.7. The molecule has 7 N–H and O–H groups in total. The second-order valence-corrected chi connectivity index (χ2v) is 5.34. The van der Waals surface area contributed by atoms with Crippen molar-refractivity contribution in [3.8, 4) is 0 Å². The molecule has 1 aliphatic rings. The third-order valence-electron chi connectivity index (χ3n) is 4.19. The van der Waals surface area contributed by atoms with Gasteiger partial charge < -0.3 is 22.5 Å². The highest BCUT2D eigenvalue weighted by Crippen LogP contribution is 2.42. The number of hydrogen-bond donors (Lipinski definition) is 4. The molecule has 0 aromatic heterocycles.